The van der Waals surface area contributed by atoms with E-state index in [0.717, 1.165) is 5.56 Å². The van der Waals surface area contributed by atoms with Crippen molar-refractivity contribution in [1.82, 2.24) is 10.3 Å². The summed E-state index contributed by atoms with van der Waals surface area (Å²) in [4.78, 5) is 37.8. The Morgan fingerprint density at radius 2 is 1.92 bits per heavy atom. The smallest absolute Gasteiger partial charge is 0.335 e. The van der Waals surface area contributed by atoms with E-state index in [1.54, 1.807) is 26.0 Å². The number of nitrogens with one attached hydrogen (secondary N) is 2. The van der Waals surface area contributed by atoms with Gasteiger partial charge in [0.2, 0.25) is 0 Å². The number of aromatic carboxylic acids is 1. The molecule has 0 bridgehead atoms. The van der Waals surface area contributed by atoms with Crippen molar-refractivity contribution in [2.75, 3.05) is 6.54 Å². The zero-order valence-corrected chi connectivity index (χ0v) is 13.9. The van der Waals surface area contributed by atoms with Gasteiger partial charge in [-0.1, -0.05) is 12.1 Å². The lowest BCUT2D eigenvalue weighted by Crippen LogP contribution is -2.26. The van der Waals surface area contributed by atoms with Gasteiger partial charge in [-0.15, -0.1) is 0 Å². The number of carboxylic acids is 1. The van der Waals surface area contributed by atoms with Gasteiger partial charge in [0.15, 0.2) is 5.78 Å². The minimum Gasteiger partial charge on any atom is -0.478 e. The van der Waals surface area contributed by atoms with Gasteiger partial charge in [0.25, 0.3) is 5.91 Å². The van der Waals surface area contributed by atoms with Gasteiger partial charge in [0.1, 0.15) is 5.69 Å². The monoisotopic (exact) mass is 328 g/mol. The number of rotatable bonds is 6. The molecule has 0 atom stereocenters. The average Bonchev–Trinajstić information content (AvgIpc) is 2.82. The average molecular weight is 328 g/mol. The Balaban J connectivity index is 2.02. The molecule has 6 nitrogen and oxygen atoms in total. The van der Waals surface area contributed by atoms with Crippen LogP contribution in [-0.2, 0) is 6.42 Å². The molecule has 0 saturated heterocycles. The second-order valence-electron chi connectivity index (χ2n) is 5.69. The molecule has 3 N–H and O–H groups in total. The first-order valence-electron chi connectivity index (χ1n) is 7.61. The van der Waals surface area contributed by atoms with E-state index in [4.69, 9.17) is 5.11 Å². The maximum Gasteiger partial charge on any atom is 0.335 e. The molecular formula is C18H20N2O4. The largest absolute Gasteiger partial charge is 0.478 e. The van der Waals surface area contributed by atoms with Gasteiger partial charge < -0.3 is 15.4 Å². The van der Waals surface area contributed by atoms with Gasteiger partial charge in [-0.25, -0.2) is 4.79 Å². The van der Waals surface area contributed by atoms with Crippen molar-refractivity contribution < 1.29 is 19.5 Å². The topological polar surface area (TPSA) is 99.3 Å². The number of aromatic nitrogens is 1. The number of hydrogen-bond acceptors (Lipinski definition) is 3. The van der Waals surface area contributed by atoms with E-state index >= 15 is 0 Å². The Bertz CT molecular complexity index is 805. The molecular weight excluding hydrogens is 308 g/mol. The lowest BCUT2D eigenvalue weighted by Gasteiger charge is -2.06. The van der Waals surface area contributed by atoms with Crippen LogP contribution in [-0.4, -0.2) is 34.3 Å². The van der Waals surface area contributed by atoms with Crippen LogP contribution in [0.3, 0.4) is 0 Å². The molecule has 24 heavy (non-hydrogen) atoms. The number of H-pyrrole nitrogens is 1. The van der Waals surface area contributed by atoms with Crippen molar-refractivity contribution in [3.8, 4) is 0 Å². The van der Waals surface area contributed by atoms with E-state index in [1.807, 2.05) is 6.07 Å². The molecule has 2 aromatic rings. The Morgan fingerprint density at radius 1 is 1.21 bits per heavy atom. The van der Waals surface area contributed by atoms with Crippen LogP contribution in [0, 0.1) is 13.8 Å². The molecule has 1 aromatic carbocycles. The molecule has 0 spiro atoms. The molecule has 1 heterocycles. The quantitative estimate of drug-likeness (QED) is 0.709. The number of ketones is 1. The van der Waals surface area contributed by atoms with Crippen LogP contribution in [0.25, 0.3) is 0 Å². The summed E-state index contributed by atoms with van der Waals surface area (Å²) >= 11 is 0. The van der Waals surface area contributed by atoms with Crippen molar-refractivity contribution in [2.24, 2.45) is 0 Å². The standard InChI is InChI=1S/C18H20N2O4/c1-10-15(12(3)21)11(2)20-16(10)17(22)19-8-7-13-5-4-6-14(9-13)18(23)24/h4-6,9,20H,7-8H2,1-3H3,(H,19,22)(H,23,24). The summed E-state index contributed by atoms with van der Waals surface area (Å²) in [6, 6.07) is 6.61. The first-order chi connectivity index (χ1) is 11.3. The molecule has 1 amide bonds. The number of carbonyl (C=O) groups excluding carboxylic acids is 2. The molecule has 1 aromatic heterocycles. The molecule has 0 aliphatic carbocycles. The number of amides is 1. The third kappa shape index (κ3) is 3.71. The van der Waals surface area contributed by atoms with Gasteiger partial charge >= 0.3 is 5.97 Å². The van der Waals surface area contributed by atoms with Crippen LogP contribution < -0.4 is 5.32 Å². The molecule has 0 saturated carbocycles. The van der Waals surface area contributed by atoms with Gasteiger partial charge in [0, 0.05) is 17.8 Å². The normalized spacial score (nSPS) is 10.5. The summed E-state index contributed by atoms with van der Waals surface area (Å²) < 4.78 is 0. The maximum absolute atomic E-state index is 12.3. The number of aryl methyl sites for hydroxylation is 1. The molecule has 2 rings (SSSR count). The van der Waals surface area contributed by atoms with Crippen molar-refractivity contribution in [1.29, 1.82) is 0 Å². The minimum atomic E-state index is -0.977. The van der Waals surface area contributed by atoms with E-state index in [1.165, 1.54) is 13.0 Å². The first kappa shape index (κ1) is 17.5. The fourth-order valence-corrected chi connectivity index (χ4v) is 2.77. The van der Waals surface area contributed by atoms with Crippen molar-refractivity contribution in [2.45, 2.75) is 27.2 Å². The van der Waals surface area contributed by atoms with E-state index in [9.17, 15) is 14.4 Å². The van der Waals surface area contributed by atoms with E-state index in [0.29, 0.717) is 35.5 Å². The lowest BCUT2D eigenvalue weighted by atomic mass is 10.1. The summed E-state index contributed by atoms with van der Waals surface area (Å²) in [5.74, 6) is -1.33. The minimum absolute atomic E-state index is 0.0780. The van der Waals surface area contributed by atoms with Crippen LogP contribution in [0.5, 0.6) is 0 Å². The van der Waals surface area contributed by atoms with E-state index in [2.05, 4.69) is 10.3 Å². The fourth-order valence-electron chi connectivity index (χ4n) is 2.77. The van der Waals surface area contributed by atoms with Crippen LogP contribution in [0.2, 0.25) is 0 Å². The third-order valence-electron chi connectivity index (χ3n) is 3.89. The maximum atomic E-state index is 12.3. The number of carbonyl (C=O) groups is 3. The SMILES string of the molecule is CC(=O)c1c(C)[nH]c(C(=O)NCCc2cccc(C(=O)O)c2)c1C. The zero-order valence-electron chi connectivity index (χ0n) is 13.9. The zero-order chi connectivity index (χ0) is 17.9. The number of aromatic amines is 1. The van der Waals surface area contributed by atoms with Crippen LogP contribution in [0.4, 0.5) is 0 Å². The highest BCUT2D eigenvalue weighted by molar-refractivity contribution is 6.02. The molecule has 0 radical (unpaired) electrons. The van der Waals surface area contributed by atoms with E-state index in [-0.39, 0.29) is 17.3 Å². The molecule has 0 aliphatic heterocycles. The summed E-state index contributed by atoms with van der Waals surface area (Å²) in [7, 11) is 0. The molecule has 126 valence electrons. The van der Waals surface area contributed by atoms with Crippen molar-refractivity contribution in [3.05, 3.63) is 57.9 Å². The van der Waals surface area contributed by atoms with Gasteiger partial charge in [-0.05, 0) is 50.5 Å². The van der Waals surface area contributed by atoms with Gasteiger partial charge in [-0.3, -0.25) is 9.59 Å². The van der Waals surface area contributed by atoms with Crippen molar-refractivity contribution >= 4 is 17.7 Å². The summed E-state index contributed by atoms with van der Waals surface area (Å²) in [6.45, 7) is 5.35. The predicted octanol–water partition coefficient (Wildman–Crippen LogP) is 2.50. The fraction of sp³-hybridized carbons (Fsp3) is 0.278. The molecule has 0 unspecified atom stereocenters. The summed E-state index contributed by atoms with van der Waals surface area (Å²) in [6.07, 6.45) is 0.519. The highest BCUT2D eigenvalue weighted by Crippen LogP contribution is 2.18. The highest BCUT2D eigenvalue weighted by atomic mass is 16.4. The molecule has 0 fully saturated rings. The van der Waals surface area contributed by atoms with Crippen LogP contribution in [0.1, 0.15) is 54.9 Å². The van der Waals surface area contributed by atoms with Crippen LogP contribution >= 0.6 is 0 Å². The molecule has 0 aliphatic rings. The van der Waals surface area contributed by atoms with Gasteiger partial charge in [-0.2, -0.15) is 0 Å². The Labute approximate surface area is 139 Å². The lowest BCUT2D eigenvalue weighted by molar-refractivity contribution is 0.0696. The summed E-state index contributed by atoms with van der Waals surface area (Å²) in [5.41, 5.74) is 3.32. The highest BCUT2D eigenvalue weighted by Gasteiger charge is 2.19. The third-order valence-corrected chi connectivity index (χ3v) is 3.89. The number of benzene rings is 1. The van der Waals surface area contributed by atoms with Crippen LogP contribution in [0.15, 0.2) is 24.3 Å². The first-order valence-corrected chi connectivity index (χ1v) is 7.61. The number of carboxylic acid groups (broad SMARTS) is 1. The number of Topliss-reactive ketones (excluding diaryl/α,β-unsaturated/α-hetero) is 1. The van der Waals surface area contributed by atoms with Crippen molar-refractivity contribution in [3.63, 3.8) is 0 Å². The summed E-state index contributed by atoms with van der Waals surface area (Å²) in [5, 5.41) is 11.8. The predicted molar refractivity (Wildman–Crippen MR) is 89.7 cm³/mol. The Morgan fingerprint density at radius 3 is 2.50 bits per heavy atom. The number of hydrogen-bond donors (Lipinski definition) is 3. The molecule has 6 heteroatoms. The van der Waals surface area contributed by atoms with E-state index < -0.39 is 5.97 Å². The Hall–Kier alpha value is -2.89. The Kier molecular flexibility index (Phi) is 5.18. The second kappa shape index (κ2) is 7.12. The van der Waals surface area contributed by atoms with Gasteiger partial charge in [0.05, 0.1) is 5.56 Å². The second-order valence-corrected chi connectivity index (χ2v) is 5.69.